The van der Waals surface area contributed by atoms with Gasteiger partial charge in [0, 0.05) is 37.0 Å². The average molecular weight is 429 g/mol. The van der Waals surface area contributed by atoms with E-state index in [9.17, 15) is 14.4 Å². The first-order chi connectivity index (χ1) is 14.6. The summed E-state index contributed by atoms with van der Waals surface area (Å²) < 4.78 is 11.2. The molecular weight excluding hydrogens is 406 g/mol. The third kappa shape index (κ3) is 4.47. The van der Waals surface area contributed by atoms with E-state index in [0.717, 1.165) is 0 Å². The topological polar surface area (TPSA) is 88.2 Å². The minimum Gasteiger partial charge on any atom is -0.476 e. The van der Waals surface area contributed by atoms with Gasteiger partial charge in [-0.1, -0.05) is 12.1 Å². The standard InChI is InChI=1S/C21H23N3O5S/c25-19(5-7-22-20(26)15-6-12-30-14-15)24-13-18(21(27)23-8-10-28-11-9-23)29-17-4-2-1-3-16(17)24/h1-4,6,12,14,18H,5,7-11,13H2,(H,22,26). The van der Waals surface area contributed by atoms with Crippen LogP contribution < -0.4 is 15.0 Å². The van der Waals surface area contributed by atoms with Gasteiger partial charge in [0.25, 0.3) is 11.8 Å². The number of para-hydroxylation sites is 2. The zero-order valence-electron chi connectivity index (χ0n) is 16.4. The van der Waals surface area contributed by atoms with Crippen LogP contribution in [-0.2, 0) is 14.3 Å². The highest BCUT2D eigenvalue weighted by Gasteiger charge is 2.36. The molecule has 1 aromatic heterocycles. The maximum Gasteiger partial charge on any atom is 0.265 e. The van der Waals surface area contributed by atoms with Crippen LogP contribution in [0.4, 0.5) is 5.69 Å². The number of nitrogens with zero attached hydrogens (tertiary/aromatic N) is 2. The molecule has 1 N–H and O–H groups in total. The molecule has 0 radical (unpaired) electrons. The van der Waals surface area contributed by atoms with Crippen LogP contribution in [0.25, 0.3) is 0 Å². The molecule has 0 spiro atoms. The minimum absolute atomic E-state index is 0.128. The quantitative estimate of drug-likeness (QED) is 0.779. The number of thiophene rings is 1. The van der Waals surface area contributed by atoms with Crippen molar-refractivity contribution in [3.05, 3.63) is 46.7 Å². The number of rotatable bonds is 5. The predicted molar refractivity (Wildman–Crippen MR) is 112 cm³/mol. The number of carbonyl (C=O) groups excluding carboxylic acids is 3. The highest BCUT2D eigenvalue weighted by atomic mass is 32.1. The number of ether oxygens (including phenoxy) is 2. The molecule has 1 aromatic carbocycles. The van der Waals surface area contributed by atoms with Crippen LogP contribution in [0, 0.1) is 0 Å². The Labute approximate surface area is 178 Å². The fourth-order valence-corrected chi connectivity index (χ4v) is 4.14. The fourth-order valence-electron chi connectivity index (χ4n) is 3.50. The minimum atomic E-state index is -0.762. The van der Waals surface area contributed by atoms with Crippen molar-refractivity contribution in [1.82, 2.24) is 10.2 Å². The Balaban J connectivity index is 1.42. The lowest BCUT2D eigenvalue weighted by Crippen LogP contribution is -2.54. The van der Waals surface area contributed by atoms with Gasteiger partial charge in [0.1, 0.15) is 5.75 Å². The number of nitrogens with one attached hydrogen (secondary N) is 1. The number of morpholine rings is 1. The van der Waals surface area contributed by atoms with Crippen molar-refractivity contribution in [2.75, 3.05) is 44.3 Å². The van der Waals surface area contributed by atoms with Gasteiger partial charge in [-0.15, -0.1) is 0 Å². The molecule has 3 heterocycles. The van der Waals surface area contributed by atoms with E-state index >= 15 is 0 Å². The zero-order valence-corrected chi connectivity index (χ0v) is 17.2. The van der Waals surface area contributed by atoms with E-state index in [2.05, 4.69) is 5.32 Å². The third-order valence-electron chi connectivity index (χ3n) is 5.08. The van der Waals surface area contributed by atoms with Crippen LogP contribution in [0.3, 0.4) is 0 Å². The van der Waals surface area contributed by atoms with Gasteiger partial charge < -0.3 is 24.6 Å². The molecule has 1 unspecified atom stereocenters. The molecule has 2 aliphatic heterocycles. The fraction of sp³-hybridized carbons (Fsp3) is 0.381. The average Bonchev–Trinajstić information content (AvgIpc) is 3.33. The highest BCUT2D eigenvalue weighted by Crippen LogP contribution is 2.34. The van der Waals surface area contributed by atoms with Gasteiger partial charge in [-0.2, -0.15) is 11.3 Å². The highest BCUT2D eigenvalue weighted by molar-refractivity contribution is 7.08. The molecule has 4 rings (SSSR count). The maximum absolute atomic E-state index is 12.9. The molecule has 3 amide bonds. The molecule has 0 saturated carbocycles. The van der Waals surface area contributed by atoms with Crippen molar-refractivity contribution in [3.8, 4) is 5.75 Å². The summed E-state index contributed by atoms with van der Waals surface area (Å²) in [5.41, 5.74) is 1.22. The van der Waals surface area contributed by atoms with Crippen molar-refractivity contribution in [2.24, 2.45) is 0 Å². The van der Waals surface area contributed by atoms with E-state index < -0.39 is 6.10 Å². The molecule has 2 aliphatic rings. The largest absolute Gasteiger partial charge is 0.476 e. The molecule has 2 aromatic rings. The summed E-state index contributed by atoms with van der Waals surface area (Å²) in [7, 11) is 0. The van der Waals surface area contributed by atoms with E-state index in [1.54, 1.807) is 33.4 Å². The summed E-state index contributed by atoms with van der Waals surface area (Å²) in [6.45, 7) is 2.40. The summed E-state index contributed by atoms with van der Waals surface area (Å²) in [4.78, 5) is 41.2. The van der Waals surface area contributed by atoms with Crippen molar-refractivity contribution >= 4 is 34.7 Å². The van der Waals surface area contributed by atoms with Crippen molar-refractivity contribution in [3.63, 3.8) is 0 Å². The van der Waals surface area contributed by atoms with Gasteiger partial charge in [-0.05, 0) is 23.6 Å². The van der Waals surface area contributed by atoms with Crippen LogP contribution in [0.5, 0.6) is 5.75 Å². The molecular formula is C21H23N3O5S. The van der Waals surface area contributed by atoms with Gasteiger partial charge in [0.2, 0.25) is 5.91 Å². The Hall–Kier alpha value is -2.91. The van der Waals surface area contributed by atoms with Gasteiger partial charge in [-0.3, -0.25) is 14.4 Å². The second kappa shape index (κ2) is 9.27. The monoisotopic (exact) mass is 429 g/mol. The second-order valence-corrected chi connectivity index (χ2v) is 7.81. The Morgan fingerprint density at radius 1 is 1.13 bits per heavy atom. The van der Waals surface area contributed by atoms with Gasteiger partial charge in [-0.25, -0.2) is 0 Å². The number of anilines is 1. The summed E-state index contributed by atoms with van der Waals surface area (Å²) in [5, 5.41) is 6.36. The summed E-state index contributed by atoms with van der Waals surface area (Å²) in [6, 6.07) is 8.93. The molecule has 0 bridgehead atoms. The van der Waals surface area contributed by atoms with E-state index in [0.29, 0.717) is 43.3 Å². The Bertz CT molecular complexity index is 911. The lowest BCUT2D eigenvalue weighted by molar-refractivity contribution is -0.142. The summed E-state index contributed by atoms with van der Waals surface area (Å²) in [6.07, 6.45) is -0.634. The molecule has 1 fully saturated rings. The van der Waals surface area contributed by atoms with E-state index in [1.165, 1.54) is 11.3 Å². The zero-order chi connectivity index (χ0) is 20.9. The Morgan fingerprint density at radius 3 is 2.70 bits per heavy atom. The van der Waals surface area contributed by atoms with Crippen LogP contribution >= 0.6 is 11.3 Å². The van der Waals surface area contributed by atoms with Gasteiger partial charge in [0.15, 0.2) is 6.10 Å². The van der Waals surface area contributed by atoms with Gasteiger partial charge >= 0.3 is 0 Å². The number of fused-ring (bicyclic) bond motifs is 1. The van der Waals surface area contributed by atoms with Crippen molar-refractivity contribution in [2.45, 2.75) is 12.5 Å². The normalized spacial score (nSPS) is 18.3. The molecule has 9 heteroatoms. The summed E-state index contributed by atoms with van der Waals surface area (Å²) in [5.74, 6) is -0.00896. The van der Waals surface area contributed by atoms with Crippen LogP contribution in [0.15, 0.2) is 41.1 Å². The van der Waals surface area contributed by atoms with Crippen LogP contribution in [0.2, 0.25) is 0 Å². The number of hydrogen-bond donors (Lipinski definition) is 1. The van der Waals surface area contributed by atoms with E-state index in [4.69, 9.17) is 9.47 Å². The second-order valence-electron chi connectivity index (χ2n) is 7.03. The van der Waals surface area contributed by atoms with Crippen molar-refractivity contribution < 1.29 is 23.9 Å². The third-order valence-corrected chi connectivity index (χ3v) is 5.76. The lowest BCUT2D eigenvalue weighted by Gasteiger charge is -2.37. The van der Waals surface area contributed by atoms with Crippen LogP contribution in [0.1, 0.15) is 16.8 Å². The molecule has 1 saturated heterocycles. The number of benzene rings is 1. The number of amides is 3. The Kier molecular flexibility index (Phi) is 6.29. The summed E-state index contributed by atoms with van der Waals surface area (Å²) >= 11 is 1.44. The van der Waals surface area contributed by atoms with E-state index in [1.807, 2.05) is 17.5 Å². The molecule has 158 valence electrons. The molecule has 0 aliphatic carbocycles. The van der Waals surface area contributed by atoms with Gasteiger partial charge in [0.05, 0.1) is 25.4 Å². The lowest BCUT2D eigenvalue weighted by atomic mass is 10.1. The predicted octanol–water partition coefficient (Wildman–Crippen LogP) is 1.52. The first-order valence-electron chi connectivity index (χ1n) is 9.86. The number of carbonyl (C=O) groups is 3. The Morgan fingerprint density at radius 2 is 1.93 bits per heavy atom. The SMILES string of the molecule is O=C(NCCC(=O)N1CC(C(=O)N2CCOCC2)Oc2ccccc21)c1ccsc1. The molecule has 30 heavy (non-hydrogen) atoms. The smallest absolute Gasteiger partial charge is 0.265 e. The first-order valence-corrected chi connectivity index (χ1v) is 10.8. The first kappa shape index (κ1) is 20.4. The van der Waals surface area contributed by atoms with E-state index in [-0.39, 0.29) is 37.2 Å². The molecule has 8 nitrogen and oxygen atoms in total. The van der Waals surface area contributed by atoms with Crippen molar-refractivity contribution in [1.29, 1.82) is 0 Å². The number of hydrogen-bond acceptors (Lipinski definition) is 6. The maximum atomic E-state index is 12.9. The van der Waals surface area contributed by atoms with Crippen LogP contribution in [-0.4, -0.2) is 68.1 Å². The molecule has 1 atom stereocenters.